The third-order valence-electron chi connectivity index (χ3n) is 4.92. The minimum atomic E-state index is -0.413. The van der Waals surface area contributed by atoms with Gasteiger partial charge in [0, 0.05) is 19.3 Å². The summed E-state index contributed by atoms with van der Waals surface area (Å²) in [6.07, 6.45) is 4.62. The van der Waals surface area contributed by atoms with E-state index in [1.54, 1.807) is 11.3 Å². The number of hydrogen-bond donors (Lipinski definition) is 1. The van der Waals surface area contributed by atoms with Crippen molar-refractivity contribution in [2.24, 2.45) is 0 Å². The number of rotatable bonds is 2. The lowest BCUT2D eigenvalue weighted by Gasteiger charge is -2.44. The molecule has 1 saturated heterocycles. The largest absolute Gasteiger partial charge is 0.368 e. The van der Waals surface area contributed by atoms with Crippen LogP contribution in [0.15, 0.2) is 23.0 Å². The summed E-state index contributed by atoms with van der Waals surface area (Å²) in [6.45, 7) is 2.04. The van der Waals surface area contributed by atoms with Crippen LogP contribution in [0.3, 0.4) is 0 Å². The van der Waals surface area contributed by atoms with Crippen molar-refractivity contribution in [1.82, 2.24) is 14.9 Å². The first-order valence-electron chi connectivity index (χ1n) is 8.21. The van der Waals surface area contributed by atoms with Crippen LogP contribution in [0.4, 0.5) is 5.95 Å². The van der Waals surface area contributed by atoms with Crippen molar-refractivity contribution in [1.29, 1.82) is 0 Å². The van der Waals surface area contributed by atoms with Crippen LogP contribution >= 0.6 is 11.3 Å². The molecule has 2 aromatic rings. The summed E-state index contributed by atoms with van der Waals surface area (Å²) in [5.74, 6) is 0.469. The number of amides is 1. The minimum Gasteiger partial charge on any atom is -0.368 e. The van der Waals surface area contributed by atoms with Crippen LogP contribution in [0.2, 0.25) is 0 Å². The van der Waals surface area contributed by atoms with Crippen LogP contribution in [-0.2, 0) is 28.0 Å². The number of hydrogen-bond acceptors (Lipinski definition) is 6. The molecule has 4 heterocycles. The molecule has 2 aromatic heterocycles. The number of nitrogens with two attached hydrogens (primary N) is 1. The van der Waals surface area contributed by atoms with Crippen molar-refractivity contribution in [3.8, 4) is 0 Å². The quantitative estimate of drug-likeness (QED) is 0.898. The number of carbonyl (C=O) groups excluding carboxylic acids is 1. The molecule has 0 radical (unpaired) electrons. The summed E-state index contributed by atoms with van der Waals surface area (Å²) >= 11 is 1.62. The van der Waals surface area contributed by atoms with Crippen LogP contribution in [0.25, 0.3) is 0 Å². The van der Waals surface area contributed by atoms with Gasteiger partial charge in [0.25, 0.3) is 0 Å². The summed E-state index contributed by atoms with van der Waals surface area (Å²) in [7, 11) is 0. The predicted molar refractivity (Wildman–Crippen MR) is 91.6 cm³/mol. The number of fused-ring (bicyclic) bond motifs is 2. The highest BCUT2D eigenvalue weighted by Crippen LogP contribution is 2.40. The summed E-state index contributed by atoms with van der Waals surface area (Å²) < 4.78 is 6.14. The van der Waals surface area contributed by atoms with Gasteiger partial charge in [-0.15, -0.1) is 0 Å². The monoisotopic (exact) mass is 344 g/mol. The van der Waals surface area contributed by atoms with Crippen molar-refractivity contribution in [3.05, 3.63) is 39.8 Å². The standard InChI is InChI=1S/C17H20N4O2S/c18-16-19-10-13-1-7-23-17(15(13)20-16)3-5-21(6-4-17)14(22)9-12-2-8-24-11-12/h2,8,10-11H,1,3-7,9H2,(H2,18,19,20). The van der Waals surface area contributed by atoms with Gasteiger partial charge in [-0.1, -0.05) is 0 Å². The molecule has 0 saturated carbocycles. The van der Waals surface area contributed by atoms with E-state index in [4.69, 9.17) is 10.5 Å². The average Bonchev–Trinajstić information content (AvgIpc) is 3.09. The molecular weight excluding hydrogens is 324 g/mol. The molecule has 1 fully saturated rings. The lowest BCUT2D eigenvalue weighted by atomic mass is 9.83. The maximum Gasteiger partial charge on any atom is 0.227 e. The lowest BCUT2D eigenvalue weighted by molar-refractivity contribution is -0.140. The number of aromatic nitrogens is 2. The molecule has 0 aromatic carbocycles. The molecule has 1 amide bonds. The Kier molecular flexibility index (Phi) is 3.97. The first-order chi connectivity index (χ1) is 11.7. The molecular formula is C17H20N4O2S. The van der Waals surface area contributed by atoms with E-state index in [0.29, 0.717) is 26.1 Å². The topological polar surface area (TPSA) is 81.3 Å². The molecule has 2 aliphatic heterocycles. The van der Waals surface area contributed by atoms with Gasteiger partial charge >= 0.3 is 0 Å². The maximum atomic E-state index is 12.5. The highest BCUT2D eigenvalue weighted by molar-refractivity contribution is 7.08. The normalized spacial score (nSPS) is 19.2. The van der Waals surface area contributed by atoms with E-state index in [1.165, 1.54) is 0 Å². The molecule has 0 bridgehead atoms. The van der Waals surface area contributed by atoms with Crippen molar-refractivity contribution < 1.29 is 9.53 Å². The first-order valence-corrected chi connectivity index (χ1v) is 9.15. The zero-order chi connectivity index (χ0) is 16.6. The molecule has 0 unspecified atom stereocenters. The zero-order valence-electron chi connectivity index (χ0n) is 13.4. The number of ether oxygens (including phenoxy) is 1. The molecule has 7 heteroatoms. The molecule has 24 heavy (non-hydrogen) atoms. The molecule has 0 atom stereocenters. The summed E-state index contributed by atoms with van der Waals surface area (Å²) in [5, 5.41) is 4.04. The number of nitrogen functional groups attached to an aromatic ring is 1. The van der Waals surface area contributed by atoms with E-state index in [1.807, 2.05) is 27.9 Å². The number of nitrogens with zero attached hydrogens (tertiary/aromatic N) is 3. The Morgan fingerprint density at radius 2 is 2.25 bits per heavy atom. The van der Waals surface area contributed by atoms with E-state index in [-0.39, 0.29) is 11.9 Å². The Morgan fingerprint density at radius 3 is 3.00 bits per heavy atom. The van der Waals surface area contributed by atoms with Crippen LogP contribution < -0.4 is 5.73 Å². The van der Waals surface area contributed by atoms with Gasteiger partial charge in [-0.2, -0.15) is 11.3 Å². The SMILES string of the molecule is Nc1ncc2c(n1)C1(CCN(C(=O)Cc3ccsc3)CC1)OCC2. The van der Waals surface area contributed by atoms with Crippen LogP contribution in [0, 0.1) is 0 Å². The van der Waals surface area contributed by atoms with Gasteiger partial charge < -0.3 is 15.4 Å². The molecule has 1 spiro atoms. The average molecular weight is 344 g/mol. The highest BCUT2D eigenvalue weighted by Gasteiger charge is 2.43. The fourth-order valence-corrected chi connectivity index (χ4v) is 4.27. The third kappa shape index (κ3) is 2.78. The summed E-state index contributed by atoms with van der Waals surface area (Å²) in [5.41, 5.74) is 8.50. The van der Waals surface area contributed by atoms with Crippen molar-refractivity contribution in [3.63, 3.8) is 0 Å². The van der Waals surface area contributed by atoms with Crippen molar-refractivity contribution in [2.45, 2.75) is 31.3 Å². The minimum absolute atomic E-state index is 0.182. The second-order valence-corrected chi connectivity index (χ2v) is 7.16. The van der Waals surface area contributed by atoms with Gasteiger partial charge in [0.1, 0.15) is 5.60 Å². The van der Waals surface area contributed by atoms with Crippen LogP contribution in [0.1, 0.15) is 29.7 Å². The van der Waals surface area contributed by atoms with Gasteiger partial charge in [0.05, 0.1) is 18.7 Å². The van der Waals surface area contributed by atoms with Crippen molar-refractivity contribution in [2.75, 3.05) is 25.4 Å². The smallest absolute Gasteiger partial charge is 0.227 e. The Labute approximate surface area is 144 Å². The molecule has 126 valence electrons. The van der Waals surface area contributed by atoms with Crippen LogP contribution in [0.5, 0.6) is 0 Å². The number of anilines is 1. The first kappa shape index (κ1) is 15.5. The van der Waals surface area contributed by atoms with E-state index >= 15 is 0 Å². The van der Waals surface area contributed by atoms with E-state index in [0.717, 1.165) is 36.1 Å². The van der Waals surface area contributed by atoms with Crippen molar-refractivity contribution >= 4 is 23.2 Å². The Hall–Kier alpha value is -1.99. The van der Waals surface area contributed by atoms with Gasteiger partial charge in [-0.25, -0.2) is 9.97 Å². The van der Waals surface area contributed by atoms with Gasteiger partial charge in [0.15, 0.2) is 0 Å². The fourth-order valence-electron chi connectivity index (χ4n) is 3.60. The van der Waals surface area contributed by atoms with Gasteiger partial charge in [-0.05, 0) is 47.2 Å². The highest BCUT2D eigenvalue weighted by atomic mass is 32.1. The van der Waals surface area contributed by atoms with E-state index in [2.05, 4.69) is 9.97 Å². The number of carbonyl (C=O) groups is 1. The Bertz CT molecular complexity index is 739. The lowest BCUT2D eigenvalue weighted by Crippen LogP contribution is -2.49. The molecule has 6 nitrogen and oxygen atoms in total. The van der Waals surface area contributed by atoms with Gasteiger partial charge in [0.2, 0.25) is 11.9 Å². The second-order valence-electron chi connectivity index (χ2n) is 6.38. The zero-order valence-corrected chi connectivity index (χ0v) is 14.2. The molecule has 0 aliphatic carbocycles. The van der Waals surface area contributed by atoms with Crippen LogP contribution in [-0.4, -0.2) is 40.5 Å². The number of likely N-dealkylation sites (tertiary alicyclic amines) is 1. The number of piperidine rings is 1. The maximum absolute atomic E-state index is 12.5. The predicted octanol–water partition coefficient (Wildman–Crippen LogP) is 1.75. The Morgan fingerprint density at radius 1 is 1.42 bits per heavy atom. The summed E-state index contributed by atoms with van der Waals surface area (Å²) in [4.78, 5) is 23.0. The van der Waals surface area contributed by atoms with Gasteiger partial charge in [-0.3, -0.25) is 4.79 Å². The van der Waals surface area contributed by atoms with E-state index < -0.39 is 5.60 Å². The number of thiophene rings is 1. The second kappa shape index (κ2) is 6.14. The molecule has 2 aliphatic rings. The summed E-state index contributed by atoms with van der Waals surface area (Å²) in [6, 6.07) is 2.01. The molecule has 2 N–H and O–H groups in total. The third-order valence-corrected chi connectivity index (χ3v) is 5.66. The molecule has 4 rings (SSSR count). The Balaban J connectivity index is 1.48. The fraction of sp³-hybridized carbons (Fsp3) is 0.471. The van der Waals surface area contributed by atoms with E-state index in [9.17, 15) is 4.79 Å².